The molecule has 0 radical (unpaired) electrons. The third-order valence-electron chi connectivity index (χ3n) is 0.0400. The van der Waals surface area contributed by atoms with Crippen molar-refractivity contribution in [1.29, 1.82) is 0 Å². The second kappa shape index (κ2) is 42.1. The van der Waals surface area contributed by atoms with Gasteiger partial charge in [0.15, 0.2) is 0 Å². The molecule has 0 saturated heterocycles. The van der Waals surface area contributed by atoms with Gasteiger partial charge in [0.05, 0.1) is 10.6 Å². The minimum absolute atomic E-state index is 1.92. The molecule has 0 aliphatic heterocycles. The van der Waals surface area contributed by atoms with Gasteiger partial charge >= 0.3 is 0 Å². The van der Waals surface area contributed by atoms with Gasteiger partial charge in [-0.15, -0.1) is 0 Å². The van der Waals surface area contributed by atoms with Gasteiger partial charge in [-0.25, -0.2) is 0 Å². The summed E-state index contributed by atoms with van der Waals surface area (Å²) in [6, 6.07) is 0. The minimum atomic E-state index is 1.92. The zero-order valence-electron chi connectivity index (χ0n) is 2.90. The lowest BCUT2D eigenvalue weighted by Gasteiger charge is -1.53. The van der Waals surface area contributed by atoms with Crippen molar-refractivity contribution < 1.29 is 15.2 Å². The summed E-state index contributed by atoms with van der Waals surface area (Å²) in [5.74, 6) is 0. The highest BCUT2D eigenvalue weighted by atomic mass is 16.5. The second-order valence-corrected chi connectivity index (χ2v) is 0.179. The van der Waals surface area contributed by atoms with Gasteiger partial charge in [-0.05, 0) is 0 Å². The summed E-state index contributed by atoms with van der Waals surface area (Å²) in [5, 5.41) is 18.0. The number of carbonyl (C=O) groups is 1. The molecule has 0 saturated carbocycles. The lowest BCUT2D eigenvalue weighted by molar-refractivity contribution is -0.0979. The van der Waals surface area contributed by atoms with Crippen LogP contribution in [0.15, 0.2) is 10.6 Å². The maximum Gasteiger partial charge on any atom is 0.106 e. The van der Waals surface area contributed by atoms with Crippen LogP contribution in [0.1, 0.15) is 0 Å². The van der Waals surface area contributed by atoms with Gasteiger partial charge in [0.1, 0.15) is 6.79 Å². The van der Waals surface area contributed by atoms with Crippen molar-refractivity contribution in [1.82, 2.24) is 0 Å². The van der Waals surface area contributed by atoms with Crippen molar-refractivity contribution in [2.24, 2.45) is 10.6 Å². The molecule has 5 heteroatoms. The number of nitrogens with zero attached hydrogens (tertiary/aromatic N) is 2. The van der Waals surface area contributed by atoms with Crippen LogP contribution in [-0.2, 0) is 4.79 Å². The molecule has 0 aromatic heterocycles. The second-order valence-electron chi connectivity index (χ2n) is 0.179. The molecule has 0 aliphatic carbocycles. The van der Waals surface area contributed by atoms with Crippen molar-refractivity contribution >= 4 is 6.79 Å². The Bertz CT molecular complexity index is 31.8. The van der Waals surface area contributed by atoms with E-state index in [4.69, 9.17) is 15.2 Å². The summed E-state index contributed by atoms with van der Waals surface area (Å²) in [6.45, 7) is 2.00. The van der Waals surface area contributed by atoms with Crippen LogP contribution in [0.4, 0.5) is 0 Å². The highest BCUT2D eigenvalue weighted by Gasteiger charge is 1.34. The fourth-order valence-corrected chi connectivity index (χ4v) is 0. The zero-order valence-corrected chi connectivity index (χ0v) is 2.90. The van der Waals surface area contributed by atoms with E-state index in [0.29, 0.717) is 0 Å². The maximum atomic E-state index is 8.00. The van der Waals surface area contributed by atoms with Gasteiger partial charge in [-0.2, -0.15) is 0 Å². The van der Waals surface area contributed by atoms with Crippen molar-refractivity contribution in [2.45, 2.75) is 0 Å². The Labute approximate surface area is 33.8 Å². The molecule has 5 nitrogen and oxygen atoms in total. The van der Waals surface area contributed by atoms with Crippen LogP contribution in [0.5, 0.6) is 0 Å². The number of rotatable bonds is 0. The summed E-state index contributed by atoms with van der Waals surface area (Å²) >= 11 is 0. The summed E-state index contributed by atoms with van der Waals surface area (Å²) < 4.78 is 0. The highest BCUT2D eigenvalue weighted by Crippen LogP contribution is 1.46. The van der Waals surface area contributed by atoms with Crippen molar-refractivity contribution in [3.8, 4) is 0 Å². The van der Waals surface area contributed by atoms with Crippen LogP contribution < -0.4 is 0 Å². The van der Waals surface area contributed by atoms with Crippen molar-refractivity contribution in [3.63, 3.8) is 0 Å². The SMILES string of the molecule is C=O.O/N=N/O. The fraction of sp³-hybridized carbons (Fsp3) is 0. The average Bonchev–Trinajstić information content (AvgIpc) is 1.72. The Hall–Kier alpha value is -1.13. The molecule has 0 atom stereocenters. The number of carbonyl (C=O) groups excluding carboxylic acids is 1. The largest absolute Gasteiger partial charge is 0.392 e. The van der Waals surface area contributed by atoms with Gasteiger partial charge in [0, 0.05) is 0 Å². The van der Waals surface area contributed by atoms with E-state index in [-0.39, 0.29) is 0 Å². The molecule has 0 rings (SSSR count). The topological polar surface area (TPSA) is 82.2 Å². The molecular weight excluding hydrogens is 88.0 g/mol. The Morgan fingerprint density at radius 3 is 1.33 bits per heavy atom. The number of hydrogen-bond donors (Lipinski definition) is 2. The van der Waals surface area contributed by atoms with Crippen molar-refractivity contribution in [3.05, 3.63) is 0 Å². The number of hydrogen-bond acceptors (Lipinski definition) is 3. The van der Waals surface area contributed by atoms with Crippen molar-refractivity contribution in [2.75, 3.05) is 0 Å². The molecule has 0 spiro atoms. The predicted octanol–water partition coefficient (Wildman–Crippen LogP) is 0.0321. The van der Waals surface area contributed by atoms with E-state index in [1.807, 2.05) is 17.3 Å². The Morgan fingerprint density at radius 2 is 1.33 bits per heavy atom. The smallest absolute Gasteiger partial charge is 0.106 e. The molecule has 0 amide bonds. The Kier molecular flexibility index (Phi) is 62.2. The monoisotopic (exact) mass is 92.0 g/mol. The van der Waals surface area contributed by atoms with Gasteiger partial charge < -0.3 is 15.2 Å². The van der Waals surface area contributed by atoms with Gasteiger partial charge in [-0.1, -0.05) is 0 Å². The normalized spacial score (nSPS) is 6.67. The first-order valence-electron chi connectivity index (χ1n) is 0.889. The summed E-state index contributed by atoms with van der Waals surface area (Å²) in [7, 11) is 0. The molecule has 0 aromatic carbocycles. The molecule has 0 aromatic rings. The molecule has 0 fully saturated rings. The average molecular weight is 92.1 g/mol. The highest BCUT2D eigenvalue weighted by molar-refractivity contribution is 5.10. The van der Waals surface area contributed by atoms with Crippen LogP contribution >= 0.6 is 0 Å². The van der Waals surface area contributed by atoms with Gasteiger partial charge in [0.2, 0.25) is 0 Å². The lowest BCUT2D eigenvalue weighted by Crippen LogP contribution is -1.41. The third kappa shape index (κ3) is 594. The van der Waals surface area contributed by atoms with E-state index in [1.54, 1.807) is 0 Å². The van der Waals surface area contributed by atoms with E-state index in [1.165, 1.54) is 0 Å². The van der Waals surface area contributed by atoms with E-state index < -0.39 is 0 Å². The van der Waals surface area contributed by atoms with Crippen LogP contribution in [0, 0.1) is 0 Å². The summed E-state index contributed by atoms with van der Waals surface area (Å²) in [5.41, 5.74) is 0. The fourth-order valence-electron chi connectivity index (χ4n) is 0. The third-order valence-corrected chi connectivity index (χ3v) is 0.0400. The summed E-state index contributed by atoms with van der Waals surface area (Å²) in [6.07, 6.45) is 0. The standard InChI is InChI=1S/CH2O.H2N2O2/c1-2;3-1-2-4/h1H2;(H,1,4)(H,2,3). The molecule has 0 aliphatic rings. The molecule has 2 N–H and O–H groups in total. The molecule has 0 bridgehead atoms. The maximum absolute atomic E-state index is 8.00. The molecule has 6 heavy (non-hydrogen) atoms. The lowest BCUT2D eigenvalue weighted by atomic mass is 11.9. The first kappa shape index (κ1) is 8.85. The predicted molar refractivity (Wildman–Crippen MR) is 15.6 cm³/mol. The Morgan fingerprint density at radius 1 is 1.17 bits per heavy atom. The van der Waals surface area contributed by atoms with Crippen LogP contribution in [0.25, 0.3) is 0 Å². The molecular formula is CH4N2O3. The minimum Gasteiger partial charge on any atom is -0.392 e. The molecule has 0 unspecified atom stereocenters. The van der Waals surface area contributed by atoms with Crippen LogP contribution in [0.2, 0.25) is 0 Å². The molecule has 36 valence electrons. The van der Waals surface area contributed by atoms with Gasteiger partial charge in [-0.3, -0.25) is 0 Å². The van der Waals surface area contributed by atoms with E-state index in [0.717, 1.165) is 0 Å². The first-order valence-corrected chi connectivity index (χ1v) is 0.889. The zero-order chi connectivity index (χ0) is 5.41. The Balaban J connectivity index is 0. The van der Waals surface area contributed by atoms with Crippen LogP contribution in [-0.4, -0.2) is 17.2 Å². The van der Waals surface area contributed by atoms with Crippen LogP contribution in [0.3, 0.4) is 0 Å². The van der Waals surface area contributed by atoms with Gasteiger partial charge in [0.25, 0.3) is 0 Å². The quantitative estimate of drug-likeness (QED) is 0.326. The van der Waals surface area contributed by atoms with E-state index in [2.05, 4.69) is 0 Å². The summed E-state index contributed by atoms with van der Waals surface area (Å²) in [4.78, 5) is 8.00. The first-order chi connectivity index (χ1) is 2.91. The van der Waals surface area contributed by atoms with E-state index >= 15 is 0 Å². The molecule has 0 heterocycles. The van der Waals surface area contributed by atoms with E-state index in [9.17, 15) is 0 Å².